The van der Waals surface area contributed by atoms with Crippen LogP contribution in [0.3, 0.4) is 0 Å². The van der Waals surface area contributed by atoms with Crippen LogP contribution >= 0.6 is 0 Å². The number of carbonyl (C=O) groups is 4. The van der Waals surface area contributed by atoms with Crippen molar-refractivity contribution in [1.82, 2.24) is 26.2 Å². The van der Waals surface area contributed by atoms with Crippen molar-refractivity contribution in [3.05, 3.63) is 0 Å². The molecule has 0 radical (unpaired) electrons. The minimum absolute atomic E-state index is 0.0650. The van der Waals surface area contributed by atoms with Crippen molar-refractivity contribution in [2.75, 3.05) is 85.5 Å². The fraction of sp³-hybridized carbons (Fsp3) is 0.867. The predicted molar refractivity (Wildman–Crippen MR) is 174 cm³/mol. The molecule has 10 atom stereocenters. The lowest BCUT2D eigenvalue weighted by atomic mass is 10.0. The Labute approximate surface area is 300 Å². The number of aliphatic hydroxyl groups excluding tert-OH is 7. The zero-order chi connectivity index (χ0) is 38.6. The van der Waals surface area contributed by atoms with Gasteiger partial charge in [0.2, 0.25) is 23.6 Å². The van der Waals surface area contributed by atoms with Gasteiger partial charge in [-0.25, -0.2) is 0 Å². The van der Waals surface area contributed by atoms with E-state index in [9.17, 15) is 54.9 Å². The number of hydrogen-bond donors (Lipinski definition) is 11. The summed E-state index contributed by atoms with van der Waals surface area (Å²) in [4.78, 5) is 50.7. The number of hydrogen-bond acceptors (Lipinski definition) is 18. The normalized spacial score (nSPS) is 29.0. The molecule has 0 unspecified atom stereocenters. The number of aliphatic hydroxyl groups is 7. The highest BCUT2D eigenvalue weighted by Crippen LogP contribution is 2.22. The van der Waals surface area contributed by atoms with E-state index in [1.54, 1.807) is 0 Å². The van der Waals surface area contributed by atoms with Crippen LogP contribution in [0.5, 0.6) is 0 Å². The summed E-state index contributed by atoms with van der Waals surface area (Å²) in [5, 5.41) is 79.0. The summed E-state index contributed by atoms with van der Waals surface area (Å²) in [6.07, 6.45) is -14.6. The maximum Gasteiger partial charge on any atom is 0.234 e. The molecule has 2 rings (SSSR count). The first-order valence-corrected chi connectivity index (χ1v) is 17.0. The lowest BCUT2D eigenvalue weighted by Crippen LogP contribution is -2.58. The van der Waals surface area contributed by atoms with Gasteiger partial charge in [-0.3, -0.25) is 24.1 Å². The van der Waals surface area contributed by atoms with E-state index in [1.165, 1.54) is 11.8 Å². The van der Waals surface area contributed by atoms with E-state index in [0.717, 1.165) is 0 Å². The van der Waals surface area contributed by atoms with E-state index >= 15 is 0 Å². The first kappa shape index (κ1) is 45.5. The number of ether oxygens (including phenoxy) is 6. The molecule has 0 aromatic rings. The average molecular weight is 758 g/mol. The predicted octanol–water partition coefficient (Wildman–Crippen LogP) is -7.19. The molecule has 11 N–H and O–H groups in total. The lowest BCUT2D eigenvalue weighted by Gasteiger charge is -2.38. The third kappa shape index (κ3) is 16.6. The third-order valence-electron chi connectivity index (χ3n) is 7.66. The van der Waals surface area contributed by atoms with Gasteiger partial charge in [0.15, 0.2) is 18.9 Å². The molecule has 4 amide bonds. The summed E-state index contributed by atoms with van der Waals surface area (Å²) in [7, 11) is 0. The minimum Gasteiger partial charge on any atom is -0.388 e. The van der Waals surface area contributed by atoms with Gasteiger partial charge in [0.1, 0.15) is 36.6 Å². The second-order valence-electron chi connectivity index (χ2n) is 11.9. The molecular weight excluding hydrogens is 702 g/mol. The van der Waals surface area contributed by atoms with Gasteiger partial charge < -0.3 is 85.4 Å². The van der Waals surface area contributed by atoms with E-state index < -0.39 is 92.4 Å². The van der Waals surface area contributed by atoms with E-state index in [4.69, 9.17) is 28.4 Å². The van der Waals surface area contributed by atoms with Gasteiger partial charge in [0.05, 0.1) is 65.4 Å². The van der Waals surface area contributed by atoms with E-state index in [2.05, 4.69) is 21.3 Å². The summed E-state index contributed by atoms with van der Waals surface area (Å²) in [5.74, 6) is -1.82. The van der Waals surface area contributed by atoms with Crippen molar-refractivity contribution in [2.45, 2.75) is 81.9 Å². The molecule has 0 aliphatic carbocycles. The second kappa shape index (κ2) is 24.6. The van der Waals surface area contributed by atoms with Crippen molar-refractivity contribution in [3.8, 4) is 0 Å². The smallest absolute Gasteiger partial charge is 0.234 e. The van der Waals surface area contributed by atoms with Gasteiger partial charge in [-0.15, -0.1) is 0 Å². The van der Waals surface area contributed by atoms with E-state index in [0.29, 0.717) is 6.54 Å². The van der Waals surface area contributed by atoms with Crippen molar-refractivity contribution in [3.63, 3.8) is 0 Å². The molecule has 0 aromatic carbocycles. The monoisotopic (exact) mass is 757 g/mol. The van der Waals surface area contributed by atoms with Crippen LogP contribution in [0.15, 0.2) is 0 Å². The number of nitrogens with one attached hydrogen (secondary N) is 4. The number of rotatable bonds is 24. The van der Waals surface area contributed by atoms with Gasteiger partial charge in [-0.05, 0) is 13.8 Å². The maximum absolute atomic E-state index is 12.7. The van der Waals surface area contributed by atoms with Crippen molar-refractivity contribution in [1.29, 1.82) is 0 Å². The summed E-state index contributed by atoms with van der Waals surface area (Å²) in [6, 6.07) is 0. The van der Waals surface area contributed by atoms with Gasteiger partial charge >= 0.3 is 0 Å². The summed E-state index contributed by atoms with van der Waals surface area (Å²) < 4.78 is 31.6. The van der Waals surface area contributed by atoms with E-state index in [1.807, 2.05) is 6.92 Å². The molecule has 22 nitrogen and oxygen atoms in total. The zero-order valence-electron chi connectivity index (χ0n) is 29.3. The molecular formula is C30H55N5O17. The molecule has 22 heteroatoms. The highest BCUT2D eigenvalue weighted by molar-refractivity contribution is 5.84. The van der Waals surface area contributed by atoms with Crippen LogP contribution in [0.2, 0.25) is 0 Å². The molecule has 0 aromatic heterocycles. The van der Waals surface area contributed by atoms with Crippen molar-refractivity contribution in [2.24, 2.45) is 0 Å². The number of nitrogens with zero attached hydrogens (tertiary/aromatic N) is 1. The molecule has 0 spiro atoms. The highest BCUT2D eigenvalue weighted by Gasteiger charge is 2.44. The maximum atomic E-state index is 12.7. The Morgan fingerprint density at radius 3 is 1.54 bits per heavy atom. The molecule has 2 saturated heterocycles. The summed E-state index contributed by atoms with van der Waals surface area (Å²) in [6.45, 7) is 3.09. The summed E-state index contributed by atoms with van der Waals surface area (Å²) >= 11 is 0. The van der Waals surface area contributed by atoms with Gasteiger partial charge in [-0.1, -0.05) is 0 Å². The molecule has 2 fully saturated rings. The number of amides is 4. The van der Waals surface area contributed by atoms with Crippen molar-refractivity contribution >= 4 is 23.6 Å². The van der Waals surface area contributed by atoms with Gasteiger partial charge in [0, 0.05) is 32.6 Å². The standard InChI is InChI=1S/C30H55N5O17/c1-3-31-18(36)4-8-47-12-13-48-9-5-32-19(37)14-35(15-20(38)33-6-10-49-29-26(44)23(41)22(40)17(2)51-29)16-21(39)34-7-11-50-30-27(45)24(42)25(43)28(46)52-30/h17,22-30,40-46H,3-16H2,1-2H3,(H,31,36)(H,32,37)(H,33,38)(H,34,39)/t17-,22+,23+,24+,25-,26-,27-,28+,29+,30+/m0/s1. The molecule has 0 saturated carbocycles. The third-order valence-corrected chi connectivity index (χ3v) is 7.66. The highest BCUT2D eigenvalue weighted by atomic mass is 16.7. The Morgan fingerprint density at radius 1 is 0.558 bits per heavy atom. The van der Waals surface area contributed by atoms with Crippen LogP contribution in [0.4, 0.5) is 0 Å². The van der Waals surface area contributed by atoms with Crippen LogP contribution in [-0.4, -0.2) is 211 Å². The minimum atomic E-state index is -1.80. The Hall–Kier alpha value is -2.68. The lowest BCUT2D eigenvalue weighted by molar-refractivity contribution is -0.339. The average Bonchev–Trinajstić information content (AvgIpc) is 3.10. The van der Waals surface area contributed by atoms with Crippen LogP contribution in [0, 0.1) is 0 Å². The SMILES string of the molecule is CCNC(=O)CCOCCOCCNC(=O)CN(CC(=O)NCCO[C@@H]1O[C@@H](C)[C@@H](O)[C@@H](O)[C@@H]1O)CC(=O)NCCO[C@@H]1O[C@@H](O)[C@@H](O)[C@@H](O)[C@@H]1O. The molecule has 0 bridgehead atoms. The Bertz CT molecular complexity index is 1020. The largest absolute Gasteiger partial charge is 0.388 e. The Kier molecular flexibility index (Phi) is 21.5. The first-order valence-electron chi connectivity index (χ1n) is 17.0. The zero-order valence-corrected chi connectivity index (χ0v) is 29.3. The molecule has 2 aliphatic heterocycles. The van der Waals surface area contributed by atoms with E-state index in [-0.39, 0.29) is 78.1 Å². The van der Waals surface area contributed by atoms with Crippen LogP contribution < -0.4 is 21.3 Å². The molecule has 52 heavy (non-hydrogen) atoms. The molecule has 2 heterocycles. The fourth-order valence-electron chi connectivity index (χ4n) is 4.83. The van der Waals surface area contributed by atoms with Gasteiger partial charge in [0.25, 0.3) is 0 Å². The topological polar surface area (TPSA) is 317 Å². The number of carbonyl (C=O) groups excluding carboxylic acids is 4. The van der Waals surface area contributed by atoms with Crippen molar-refractivity contribution < 1.29 is 83.3 Å². The fourth-order valence-corrected chi connectivity index (χ4v) is 4.83. The second-order valence-corrected chi connectivity index (χ2v) is 11.9. The van der Waals surface area contributed by atoms with Crippen LogP contribution in [0.1, 0.15) is 20.3 Å². The molecule has 2 aliphatic rings. The summed E-state index contributed by atoms with van der Waals surface area (Å²) in [5.41, 5.74) is 0. The first-order chi connectivity index (χ1) is 24.7. The molecule has 302 valence electrons. The van der Waals surface area contributed by atoms with Crippen LogP contribution in [0.25, 0.3) is 0 Å². The Morgan fingerprint density at radius 2 is 1.02 bits per heavy atom. The van der Waals surface area contributed by atoms with Gasteiger partial charge in [-0.2, -0.15) is 0 Å². The Balaban J connectivity index is 1.78. The van der Waals surface area contributed by atoms with Crippen LogP contribution in [-0.2, 0) is 47.6 Å². The quantitative estimate of drug-likeness (QED) is 0.0408.